The summed E-state index contributed by atoms with van der Waals surface area (Å²) in [5.74, 6) is -0.674. The first-order valence-corrected chi connectivity index (χ1v) is 5.24. The van der Waals surface area contributed by atoms with Gasteiger partial charge in [0, 0.05) is 5.56 Å². The molecule has 0 aromatic heterocycles. The molecule has 7 heteroatoms. The molecular weight excluding hydrogens is 258 g/mol. The Morgan fingerprint density at radius 1 is 1.61 bits per heavy atom. The van der Waals surface area contributed by atoms with Crippen molar-refractivity contribution < 1.29 is 14.6 Å². The summed E-state index contributed by atoms with van der Waals surface area (Å²) in [6.45, 7) is 1.75. The molecule has 0 unspecified atom stereocenters. The fourth-order valence-electron chi connectivity index (χ4n) is 1.36. The maximum atomic E-state index is 10.8. The quantitative estimate of drug-likeness (QED) is 0.499. The van der Waals surface area contributed by atoms with Crippen molar-refractivity contribution in [2.24, 2.45) is 5.11 Å². The van der Waals surface area contributed by atoms with Gasteiger partial charge in [-0.1, -0.05) is 11.6 Å². The number of hydrogen-bond acceptors (Lipinski definition) is 4. The van der Waals surface area contributed by atoms with Crippen LogP contribution in [0.4, 0.5) is 0 Å². The SMILES string of the molecule is COc1ccc(/C=C(\N=[N+]=N)C(=O)O)c(Cl)c1C. The normalized spacial score (nSPS) is 10.7. The summed E-state index contributed by atoms with van der Waals surface area (Å²) in [6.07, 6.45) is 1.25. The third-order valence-corrected chi connectivity index (χ3v) is 2.76. The van der Waals surface area contributed by atoms with E-state index in [9.17, 15) is 4.79 Å². The number of aliphatic carboxylic acids is 1. The minimum absolute atomic E-state index is 0.364. The van der Waals surface area contributed by atoms with Crippen LogP contribution in [0.5, 0.6) is 5.75 Å². The van der Waals surface area contributed by atoms with Gasteiger partial charge >= 0.3 is 5.97 Å². The van der Waals surface area contributed by atoms with Gasteiger partial charge < -0.3 is 9.84 Å². The van der Waals surface area contributed by atoms with E-state index >= 15 is 0 Å². The number of carboxylic acids is 1. The minimum Gasteiger partial charge on any atom is -0.496 e. The van der Waals surface area contributed by atoms with E-state index in [0.29, 0.717) is 21.9 Å². The summed E-state index contributed by atoms with van der Waals surface area (Å²) in [5, 5.41) is 12.4. The molecule has 0 fully saturated rings. The maximum Gasteiger partial charge on any atom is 0.362 e. The number of nitrogens with zero attached hydrogens (tertiary/aromatic N) is 2. The van der Waals surface area contributed by atoms with Crippen LogP contribution in [0.3, 0.4) is 0 Å². The van der Waals surface area contributed by atoms with Crippen molar-refractivity contribution in [1.29, 1.82) is 5.53 Å². The standard InChI is InChI=1S/C11H10ClN3O3/c1-6-9(18-2)4-3-7(10(6)12)5-8(11(16)17)14-15-13/h3-5,13H,1-2H3/p+1/b8-5-. The van der Waals surface area contributed by atoms with E-state index in [1.54, 1.807) is 19.1 Å². The van der Waals surface area contributed by atoms with E-state index in [2.05, 4.69) is 10.0 Å². The third kappa shape index (κ3) is 2.94. The number of carboxylic acid groups (broad SMARTS) is 1. The van der Waals surface area contributed by atoms with Gasteiger partial charge in [0.25, 0.3) is 0 Å². The molecule has 0 heterocycles. The Balaban J connectivity index is 3.34. The molecule has 0 aliphatic rings. The van der Waals surface area contributed by atoms with Gasteiger partial charge in [-0.2, -0.15) is 0 Å². The molecule has 0 spiro atoms. The number of rotatable bonds is 4. The molecule has 2 N–H and O–H groups in total. The van der Waals surface area contributed by atoms with Gasteiger partial charge in [-0.15, -0.1) is 0 Å². The van der Waals surface area contributed by atoms with Crippen molar-refractivity contribution >= 4 is 23.6 Å². The van der Waals surface area contributed by atoms with Crippen LogP contribution in [-0.2, 0) is 4.79 Å². The van der Waals surface area contributed by atoms with Crippen LogP contribution in [0.2, 0.25) is 5.02 Å². The zero-order chi connectivity index (χ0) is 13.7. The molecule has 0 saturated heterocycles. The van der Waals surface area contributed by atoms with Crippen molar-refractivity contribution in [2.75, 3.05) is 7.11 Å². The molecule has 0 bridgehead atoms. The highest BCUT2D eigenvalue weighted by atomic mass is 35.5. The number of halogens is 1. The first kappa shape index (κ1) is 13.9. The largest absolute Gasteiger partial charge is 0.496 e. The molecule has 1 aromatic carbocycles. The Kier molecular flexibility index (Phi) is 4.59. The van der Waals surface area contributed by atoms with E-state index in [-0.39, 0.29) is 5.70 Å². The van der Waals surface area contributed by atoms with Gasteiger partial charge in [0.2, 0.25) is 10.6 Å². The summed E-state index contributed by atoms with van der Waals surface area (Å²) in [6, 6.07) is 3.28. The molecule has 6 nitrogen and oxygen atoms in total. The van der Waals surface area contributed by atoms with Gasteiger partial charge in [0.05, 0.1) is 12.1 Å². The van der Waals surface area contributed by atoms with E-state index < -0.39 is 5.97 Å². The average Bonchev–Trinajstić information content (AvgIpc) is 2.34. The van der Waals surface area contributed by atoms with Gasteiger partial charge in [0.15, 0.2) is 5.11 Å². The van der Waals surface area contributed by atoms with E-state index in [4.69, 9.17) is 27.0 Å². The monoisotopic (exact) mass is 268 g/mol. The summed E-state index contributed by atoms with van der Waals surface area (Å²) >= 11 is 6.09. The van der Waals surface area contributed by atoms with Crippen LogP contribution in [0.1, 0.15) is 11.1 Å². The van der Waals surface area contributed by atoms with Crippen LogP contribution < -0.4 is 9.65 Å². The molecule has 94 valence electrons. The van der Waals surface area contributed by atoms with Crippen molar-refractivity contribution in [3.8, 4) is 5.75 Å². The molecule has 0 radical (unpaired) electrons. The Hall–Kier alpha value is -2.17. The van der Waals surface area contributed by atoms with Crippen LogP contribution in [0.15, 0.2) is 22.9 Å². The van der Waals surface area contributed by atoms with Crippen LogP contribution >= 0.6 is 11.6 Å². The van der Waals surface area contributed by atoms with Crippen molar-refractivity contribution in [2.45, 2.75) is 6.92 Å². The summed E-state index contributed by atoms with van der Waals surface area (Å²) < 4.78 is 5.09. The average molecular weight is 269 g/mol. The van der Waals surface area contributed by atoms with E-state index in [1.807, 2.05) is 0 Å². The Morgan fingerprint density at radius 3 is 2.78 bits per heavy atom. The van der Waals surface area contributed by atoms with Crippen LogP contribution in [0.25, 0.3) is 6.08 Å². The first-order chi connectivity index (χ1) is 8.51. The number of methoxy groups -OCH3 is 1. The number of carbonyl (C=O) groups is 1. The molecule has 1 aromatic rings. The minimum atomic E-state index is -1.28. The van der Waals surface area contributed by atoms with Crippen molar-refractivity contribution in [3.05, 3.63) is 34.0 Å². The first-order valence-electron chi connectivity index (χ1n) is 4.86. The second kappa shape index (κ2) is 5.95. The number of nitrogens with one attached hydrogen (secondary N) is 1. The lowest BCUT2D eigenvalue weighted by atomic mass is 10.1. The summed E-state index contributed by atoms with van der Waals surface area (Å²) in [4.78, 5) is 13.5. The van der Waals surface area contributed by atoms with Gasteiger partial charge in [-0.05, 0) is 30.7 Å². The van der Waals surface area contributed by atoms with Crippen LogP contribution in [0, 0.1) is 12.5 Å². The second-order valence-electron chi connectivity index (χ2n) is 3.33. The Morgan fingerprint density at radius 2 is 2.28 bits per heavy atom. The third-order valence-electron chi connectivity index (χ3n) is 2.26. The van der Waals surface area contributed by atoms with Gasteiger partial charge in [0.1, 0.15) is 11.3 Å². The molecule has 0 aliphatic carbocycles. The smallest absolute Gasteiger partial charge is 0.362 e. The lowest BCUT2D eigenvalue weighted by Gasteiger charge is -2.08. The second-order valence-corrected chi connectivity index (χ2v) is 3.71. The lowest BCUT2D eigenvalue weighted by Crippen LogP contribution is -1.98. The van der Waals surface area contributed by atoms with E-state index in [0.717, 1.165) is 0 Å². The molecule has 0 aliphatic heterocycles. The number of ether oxygens (including phenoxy) is 1. The highest BCUT2D eigenvalue weighted by Gasteiger charge is 2.14. The topological polar surface area (TPSA) is 96.8 Å². The maximum absolute atomic E-state index is 10.8. The zero-order valence-electron chi connectivity index (χ0n) is 9.77. The van der Waals surface area contributed by atoms with Gasteiger partial charge in [-0.3, -0.25) is 0 Å². The summed E-state index contributed by atoms with van der Waals surface area (Å²) in [7, 11) is 1.52. The lowest BCUT2D eigenvalue weighted by molar-refractivity contribution is -0.132. The van der Waals surface area contributed by atoms with Crippen molar-refractivity contribution in [3.63, 3.8) is 0 Å². The highest BCUT2D eigenvalue weighted by molar-refractivity contribution is 6.33. The van der Waals surface area contributed by atoms with Gasteiger partial charge in [-0.25, -0.2) is 4.79 Å². The molecule has 0 amide bonds. The molecular formula is C11H11ClN3O3+. The fraction of sp³-hybridized carbons (Fsp3) is 0.182. The van der Waals surface area contributed by atoms with Crippen LogP contribution in [-0.4, -0.2) is 18.2 Å². The Bertz CT molecular complexity index is 559. The molecule has 0 saturated carbocycles. The summed E-state index contributed by atoms with van der Waals surface area (Å²) in [5.41, 5.74) is 7.36. The predicted octanol–water partition coefficient (Wildman–Crippen LogP) is 2.63. The van der Waals surface area contributed by atoms with Crippen molar-refractivity contribution in [1.82, 2.24) is 4.91 Å². The molecule has 18 heavy (non-hydrogen) atoms. The highest BCUT2D eigenvalue weighted by Crippen LogP contribution is 2.30. The fourth-order valence-corrected chi connectivity index (χ4v) is 1.57. The molecule has 0 atom stereocenters. The van der Waals surface area contributed by atoms with E-state index in [1.165, 1.54) is 13.2 Å². The predicted molar refractivity (Wildman–Crippen MR) is 65.6 cm³/mol. The number of benzene rings is 1. The molecule has 1 rings (SSSR count). The Labute approximate surface area is 108 Å². The number of hydrogen-bond donors (Lipinski definition) is 2. The zero-order valence-corrected chi connectivity index (χ0v) is 10.5.